The van der Waals surface area contributed by atoms with Crippen molar-refractivity contribution in [3.8, 4) is 22.4 Å². The van der Waals surface area contributed by atoms with Crippen molar-refractivity contribution in [3.63, 3.8) is 0 Å². The van der Waals surface area contributed by atoms with Crippen LogP contribution in [-0.2, 0) is 19.1 Å². The highest BCUT2D eigenvalue weighted by molar-refractivity contribution is 5.80. The van der Waals surface area contributed by atoms with Crippen molar-refractivity contribution in [2.45, 2.75) is 37.1 Å². The average molecular weight is 475 g/mol. The van der Waals surface area contributed by atoms with Crippen LogP contribution in [0.25, 0.3) is 22.4 Å². The molecular formula is C26H26N4O5. The summed E-state index contributed by atoms with van der Waals surface area (Å²) in [5.74, 6) is -0.853. The maximum absolute atomic E-state index is 12.0. The number of amides is 1. The fourth-order valence-electron chi connectivity index (χ4n) is 4.47. The average Bonchev–Trinajstić information content (AvgIpc) is 3.47. The standard InChI is InChI=1S/C26H26N4O5/c31-22(10-11-23(32)33)28-20-14-34-25-21(15-35-24(20)25)30-26-27-13-12-19(29-26)18-8-6-17(7-9-18)16-4-2-1-3-5-16/h1-9,12-13,20-21,24-25H,10-11,14-15H2,(H,28,31)(H,32,33)(H,27,29,30)/t20-,21+,24-,25+/m0/s1. The number of hydrogen-bond donors (Lipinski definition) is 3. The smallest absolute Gasteiger partial charge is 0.303 e. The number of carboxylic acids is 1. The molecule has 2 aliphatic heterocycles. The Hall–Kier alpha value is -3.82. The number of ether oxygens (including phenoxy) is 2. The largest absolute Gasteiger partial charge is 0.481 e. The molecule has 35 heavy (non-hydrogen) atoms. The third kappa shape index (κ3) is 5.31. The van der Waals surface area contributed by atoms with Crippen molar-refractivity contribution in [3.05, 3.63) is 66.9 Å². The minimum Gasteiger partial charge on any atom is -0.481 e. The van der Waals surface area contributed by atoms with E-state index in [0.29, 0.717) is 19.2 Å². The van der Waals surface area contributed by atoms with Gasteiger partial charge < -0.3 is 25.2 Å². The molecular weight excluding hydrogens is 448 g/mol. The number of carbonyl (C=O) groups is 2. The number of aliphatic carboxylic acids is 1. The molecule has 3 aromatic rings. The summed E-state index contributed by atoms with van der Waals surface area (Å²) in [7, 11) is 0. The molecule has 0 spiro atoms. The van der Waals surface area contributed by atoms with Gasteiger partial charge in [-0.25, -0.2) is 9.97 Å². The normalized spacial score (nSPS) is 23.0. The van der Waals surface area contributed by atoms with E-state index >= 15 is 0 Å². The van der Waals surface area contributed by atoms with Gasteiger partial charge in [0.1, 0.15) is 12.2 Å². The Labute approximate surface area is 202 Å². The van der Waals surface area contributed by atoms with E-state index in [0.717, 1.165) is 22.4 Å². The number of hydrogen-bond acceptors (Lipinski definition) is 7. The Morgan fingerprint density at radius 2 is 1.51 bits per heavy atom. The predicted octanol–water partition coefficient (Wildman–Crippen LogP) is 2.74. The molecule has 0 bridgehead atoms. The second-order valence-electron chi connectivity index (χ2n) is 8.62. The molecule has 0 radical (unpaired) electrons. The molecule has 1 aromatic heterocycles. The van der Waals surface area contributed by atoms with Gasteiger partial charge in [0.25, 0.3) is 0 Å². The Kier molecular flexibility index (Phi) is 6.69. The molecule has 180 valence electrons. The summed E-state index contributed by atoms with van der Waals surface area (Å²) in [5, 5.41) is 14.9. The van der Waals surface area contributed by atoms with E-state index in [9.17, 15) is 9.59 Å². The first-order valence-corrected chi connectivity index (χ1v) is 11.6. The van der Waals surface area contributed by atoms with Gasteiger partial charge in [0.15, 0.2) is 0 Å². The Morgan fingerprint density at radius 3 is 2.26 bits per heavy atom. The molecule has 0 aliphatic carbocycles. The molecule has 9 heteroatoms. The molecule has 5 rings (SSSR count). The summed E-state index contributed by atoms with van der Waals surface area (Å²) >= 11 is 0. The number of nitrogens with one attached hydrogen (secondary N) is 2. The van der Waals surface area contributed by atoms with Gasteiger partial charge in [-0.3, -0.25) is 9.59 Å². The lowest BCUT2D eigenvalue weighted by atomic mass is 10.0. The van der Waals surface area contributed by atoms with Crippen molar-refractivity contribution in [1.82, 2.24) is 15.3 Å². The number of nitrogens with zero attached hydrogens (tertiary/aromatic N) is 2. The molecule has 3 heterocycles. The van der Waals surface area contributed by atoms with Crippen molar-refractivity contribution in [2.24, 2.45) is 0 Å². The van der Waals surface area contributed by atoms with Gasteiger partial charge >= 0.3 is 5.97 Å². The van der Waals surface area contributed by atoms with Gasteiger partial charge in [0.2, 0.25) is 11.9 Å². The number of fused-ring (bicyclic) bond motifs is 1. The van der Waals surface area contributed by atoms with E-state index < -0.39 is 5.97 Å². The molecule has 2 saturated heterocycles. The van der Waals surface area contributed by atoms with Gasteiger partial charge in [-0.15, -0.1) is 0 Å². The van der Waals surface area contributed by atoms with E-state index in [1.165, 1.54) is 0 Å². The van der Waals surface area contributed by atoms with Gasteiger partial charge in [-0.05, 0) is 17.2 Å². The van der Waals surface area contributed by atoms with Crippen LogP contribution in [0.3, 0.4) is 0 Å². The van der Waals surface area contributed by atoms with Crippen LogP contribution in [-0.4, -0.2) is 64.5 Å². The van der Waals surface area contributed by atoms with E-state index in [1.54, 1.807) is 6.20 Å². The van der Waals surface area contributed by atoms with Crippen LogP contribution < -0.4 is 10.6 Å². The predicted molar refractivity (Wildman–Crippen MR) is 129 cm³/mol. The molecule has 1 amide bonds. The maximum atomic E-state index is 12.0. The number of carbonyl (C=O) groups excluding carboxylic acids is 1. The van der Waals surface area contributed by atoms with Crippen molar-refractivity contribution >= 4 is 17.8 Å². The van der Waals surface area contributed by atoms with E-state index in [-0.39, 0.29) is 43.0 Å². The number of carboxylic acid groups (broad SMARTS) is 1. The van der Waals surface area contributed by atoms with Crippen molar-refractivity contribution in [2.75, 3.05) is 18.5 Å². The molecule has 3 N–H and O–H groups in total. The number of anilines is 1. The van der Waals surface area contributed by atoms with Gasteiger partial charge in [-0.1, -0.05) is 54.6 Å². The summed E-state index contributed by atoms with van der Waals surface area (Å²) in [6.45, 7) is 0.692. The number of rotatable bonds is 8. The van der Waals surface area contributed by atoms with Gasteiger partial charge in [-0.2, -0.15) is 0 Å². The van der Waals surface area contributed by atoms with Crippen LogP contribution >= 0.6 is 0 Å². The fourth-order valence-corrected chi connectivity index (χ4v) is 4.47. The second-order valence-corrected chi connectivity index (χ2v) is 8.62. The number of benzene rings is 2. The zero-order valence-corrected chi connectivity index (χ0v) is 19.0. The topological polar surface area (TPSA) is 123 Å². The molecule has 9 nitrogen and oxygen atoms in total. The van der Waals surface area contributed by atoms with E-state index in [2.05, 4.69) is 44.9 Å². The van der Waals surface area contributed by atoms with Crippen molar-refractivity contribution < 1.29 is 24.2 Å². The lowest BCUT2D eigenvalue weighted by Crippen LogP contribution is -2.44. The highest BCUT2D eigenvalue weighted by Gasteiger charge is 2.48. The lowest BCUT2D eigenvalue weighted by Gasteiger charge is -2.18. The summed E-state index contributed by atoms with van der Waals surface area (Å²) < 4.78 is 11.8. The first kappa shape index (κ1) is 22.9. The summed E-state index contributed by atoms with van der Waals surface area (Å²) in [6, 6.07) is 19.8. The molecule has 2 aromatic carbocycles. The maximum Gasteiger partial charge on any atom is 0.303 e. The SMILES string of the molecule is O=C(O)CCC(=O)N[C@H]1CO[C@H]2[C@H]1OC[C@H]2Nc1nccc(-c2ccc(-c3ccccc3)cc2)n1. The van der Waals surface area contributed by atoms with Crippen LogP contribution in [0.4, 0.5) is 5.95 Å². The molecule has 2 fully saturated rings. The summed E-state index contributed by atoms with van der Waals surface area (Å²) in [5.41, 5.74) is 4.08. The summed E-state index contributed by atoms with van der Waals surface area (Å²) in [4.78, 5) is 31.7. The van der Waals surface area contributed by atoms with E-state index in [1.807, 2.05) is 36.4 Å². The highest BCUT2D eigenvalue weighted by Crippen LogP contribution is 2.29. The van der Waals surface area contributed by atoms with Crippen LogP contribution in [0.2, 0.25) is 0 Å². The fraction of sp³-hybridized carbons (Fsp3) is 0.308. The first-order valence-electron chi connectivity index (χ1n) is 11.6. The highest BCUT2D eigenvalue weighted by atomic mass is 16.6. The third-order valence-electron chi connectivity index (χ3n) is 6.22. The Bertz CT molecular complexity index is 1190. The molecule has 0 unspecified atom stereocenters. The van der Waals surface area contributed by atoms with Crippen LogP contribution in [0.15, 0.2) is 66.9 Å². The van der Waals surface area contributed by atoms with Crippen LogP contribution in [0.5, 0.6) is 0 Å². The molecule has 0 saturated carbocycles. The van der Waals surface area contributed by atoms with E-state index in [4.69, 9.17) is 14.6 Å². The zero-order chi connectivity index (χ0) is 24.2. The molecule has 2 aliphatic rings. The lowest BCUT2D eigenvalue weighted by molar-refractivity contribution is -0.139. The molecule has 4 atom stereocenters. The van der Waals surface area contributed by atoms with Gasteiger partial charge in [0, 0.05) is 18.2 Å². The Morgan fingerprint density at radius 1 is 0.857 bits per heavy atom. The zero-order valence-electron chi connectivity index (χ0n) is 19.0. The quantitative estimate of drug-likeness (QED) is 0.456. The summed E-state index contributed by atoms with van der Waals surface area (Å²) in [6.07, 6.45) is 0.857. The Balaban J connectivity index is 1.21. The number of aromatic nitrogens is 2. The van der Waals surface area contributed by atoms with Gasteiger partial charge in [0.05, 0.1) is 37.4 Å². The van der Waals surface area contributed by atoms with Crippen molar-refractivity contribution in [1.29, 1.82) is 0 Å². The first-order chi connectivity index (χ1) is 17.1. The second kappa shape index (κ2) is 10.2. The minimum atomic E-state index is -1.00. The minimum absolute atomic E-state index is 0.0716. The van der Waals surface area contributed by atoms with Crippen LogP contribution in [0.1, 0.15) is 12.8 Å². The third-order valence-corrected chi connectivity index (χ3v) is 6.22. The van der Waals surface area contributed by atoms with Crippen LogP contribution in [0, 0.1) is 0 Å². The monoisotopic (exact) mass is 474 g/mol.